The maximum Gasteiger partial charge on any atom is 0.315 e. The normalized spacial score (nSPS) is 11.9. The van der Waals surface area contributed by atoms with Crippen LogP contribution in [-0.2, 0) is 13.1 Å². The van der Waals surface area contributed by atoms with E-state index in [4.69, 9.17) is 0 Å². The summed E-state index contributed by atoms with van der Waals surface area (Å²) < 4.78 is 1.88. The summed E-state index contributed by atoms with van der Waals surface area (Å²) in [5.74, 6) is 0.733. The molecule has 2 rings (SSSR count). The molecule has 0 unspecified atom stereocenters. The third kappa shape index (κ3) is 3.53. The number of aromatic nitrogens is 4. The summed E-state index contributed by atoms with van der Waals surface area (Å²) in [5, 5.41) is 13.4. The number of urea groups is 1. The van der Waals surface area contributed by atoms with Gasteiger partial charge in [0, 0.05) is 18.9 Å². The first-order valence-corrected chi connectivity index (χ1v) is 6.51. The van der Waals surface area contributed by atoms with Crippen molar-refractivity contribution < 1.29 is 4.79 Å². The minimum Gasteiger partial charge on any atom is -0.332 e. The average Bonchev–Trinajstić information content (AvgIpc) is 2.93. The molecule has 0 spiro atoms. The molecule has 0 saturated heterocycles. The van der Waals surface area contributed by atoms with Crippen LogP contribution in [0.1, 0.15) is 31.3 Å². The Morgan fingerprint density at radius 3 is 3.05 bits per heavy atom. The second-order valence-corrected chi connectivity index (χ2v) is 4.37. The molecule has 0 saturated carbocycles. The van der Waals surface area contributed by atoms with Gasteiger partial charge in [0.05, 0.1) is 12.6 Å². The Kier molecular flexibility index (Phi) is 4.65. The van der Waals surface area contributed by atoms with Crippen LogP contribution in [0.15, 0.2) is 30.9 Å². The van der Waals surface area contributed by atoms with Crippen molar-refractivity contribution in [3.05, 3.63) is 42.2 Å². The van der Waals surface area contributed by atoms with Gasteiger partial charge in [-0.25, -0.2) is 4.79 Å². The minimum atomic E-state index is -0.244. The summed E-state index contributed by atoms with van der Waals surface area (Å²) in [6, 6.07) is 3.42. The number of nitrogens with zero attached hydrogens (tertiary/aromatic N) is 4. The Hall–Kier alpha value is -2.44. The Morgan fingerprint density at radius 2 is 2.35 bits per heavy atom. The molecule has 0 aliphatic rings. The highest BCUT2D eigenvalue weighted by atomic mass is 16.2. The fraction of sp³-hybridized carbons (Fsp3) is 0.385. The molecular formula is C13H18N6O. The molecule has 7 nitrogen and oxygen atoms in total. The summed E-state index contributed by atoms with van der Waals surface area (Å²) in [6.07, 6.45) is 5.08. The zero-order chi connectivity index (χ0) is 14.4. The van der Waals surface area contributed by atoms with Gasteiger partial charge in [0.2, 0.25) is 0 Å². The minimum absolute atomic E-state index is 0.104. The Morgan fingerprint density at radius 1 is 1.50 bits per heavy atom. The number of nitrogens with one attached hydrogen (secondary N) is 2. The molecule has 0 aliphatic heterocycles. The molecule has 7 heteroatoms. The monoisotopic (exact) mass is 274 g/mol. The van der Waals surface area contributed by atoms with Crippen LogP contribution in [-0.4, -0.2) is 25.8 Å². The number of rotatable bonds is 5. The van der Waals surface area contributed by atoms with Crippen LogP contribution in [0, 0.1) is 0 Å². The number of amides is 2. The van der Waals surface area contributed by atoms with Crippen molar-refractivity contribution in [2.45, 2.75) is 33.0 Å². The first kappa shape index (κ1) is 14.0. The van der Waals surface area contributed by atoms with Crippen molar-refractivity contribution >= 4 is 6.03 Å². The van der Waals surface area contributed by atoms with E-state index in [2.05, 4.69) is 25.8 Å². The molecule has 2 amide bonds. The van der Waals surface area contributed by atoms with Gasteiger partial charge in [0.15, 0.2) is 5.82 Å². The standard InChI is InChI=1S/C13H18N6O/c1-3-19-9-16-18-12(19)8-15-13(20)17-10(2)11-5-4-6-14-7-11/h4-7,9-10H,3,8H2,1-2H3,(H2,15,17,20)/t10-/m0/s1. The molecule has 0 bridgehead atoms. The van der Waals surface area contributed by atoms with Crippen molar-refractivity contribution in [1.82, 2.24) is 30.4 Å². The molecule has 0 radical (unpaired) electrons. The van der Waals surface area contributed by atoms with Crippen LogP contribution >= 0.6 is 0 Å². The van der Waals surface area contributed by atoms with E-state index in [9.17, 15) is 4.79 Å². The van der Waals surface area contributed by atoms with Gasteiger partial charge in [-0.2, -0.15) is 0 Å². The number of hydrogen-bond acceptors (Lipinski definition) is 4. The maximum absolute atomic E-state index is 11.8. The van der Waals surface area contributed by atoms with Gasteiger partial charge in [-0.1, -0.05) is 6.07 Å². The first-order chi connectivity index (χ1) is 9.70. The lowest BCUT2D eigenvalue weighted by Gasteiger charge is -2.14. The van der Waals surface area contributed by atoms with E-state index in [1.165, 1.54) is 0 Å². The van der Waals surface area contributed by atoms with Gasteiger partial charge < -0.3 is 15.2 Å². The molecule has 106 valence electrons. The summed E-state index contributed by atoms with van der Waals surface area (Å²) >= 11 is 0. The molecular weight excluding hydrogens is 256 g/mol. The molecule has 2 aromatic rings. The number of hydrogen-bond donors (Lipinski definition) is 2. The van der Waals surface area contributed by atoms with Crippen molar-refractivity contribution in [2.24, 2.45) is 0 Å². The van der Waals surface area contributed by atoms with Crippen molar-refractivity contribution in [1.29, 1.82) is 0 Å². The summed E-state index contributed by atoms with van der Waals surface area (Å²) in [7, 11) is 0. The van der Waals surface area contributed by atoms with E-state index >= 15 is 0 Å². The largest absolute Gasteiger partial charge is 0.332 e. The summed E-state index contributed by atoms with van der Waals surface area (Å²) in [5.41, 5.74) is 0.958. The van der Waals surface area contributed by atoms with E-state index in [0.29, 0.717) is 6.54 Å². The van der Waals surface area contributed by atoms with Crippen LogP contribution in [0.25, 0.3) is 0 Å². The zero-order valence-electron chi connectivity index (χ0n) is 11.6. The number of carbonyl (C=O) groups is 1. The van der Waals surface area contributed by atoms with Crippen LogP contribution in [0.3, 0.4) is 0 Å². The molecule has 0 aromatic carbocycles. The van der Waals surface area contributed by atoms with Crippen molar-refractivity contribution in [3.63, 3.8) is 0 Å². The lowest BCUT2D eigenvalue weighted by molar-refractivity contribution is 0.237. The predicted molar refractivity (Wildman–Crippen MR) is 73.7 cm³/mol. The topological polar surface area (TPSA) is 84.7 Å². The first-order valence-electron chi connectivity index (χ1n) is 6.51. The average molecular weight is 274 g/mol. The molecule has 0 aliphatic carbocycles. The van der Waals surface area contributed by atoms with Gasteiger partial charge in [-0.15, -0.1) is 10.2 Å². The number of aryl methyl sites for hydroxylation is 1. The molecule has 2 N–H and O–H groups in total. The van der Waals surface area contributed by atoms with Crippen LogP contribution in [0.5, 0.6) is 0 Å². The fourth-order valence-corrected chi connectivity index (χ4v) is 1.80. The second-order valence-electron chi connectivity index (χ2n) is 4.37. The molecule has 0 fully saturated rings. The maximum atomic E-state index is 11.8. The molecule has 20 heavy (non-hydrogen) atoms. The highest BCUT2D eigenvalue weighted by molar-refractivity contribution is 5.74. The summed E-state index contributed by atoms with van der Waals surface area (Å²) in [6.45, 7) is 5.03. The number of carbonyl (C=O) groups excluding carboxylic acids is 1. The smallest absolute Gasteiger partial charge is 0.315 e. The SMILES string of the molecule is CCn1cnnc1CNC(=O)N[C@@H](C)c1cccnc1. The van der Waals surface area contributed by atoms with E-state index in [-0.39, 0.29) is 12.1 Å². The second kappa shape index (κ2) is 6.65. The van der Waals surface area contributed by atoms with Gasteiger partial charge >= 0.3 is 6.03 Å². The van der Waals surface area contributed by atoms with E-state index in [1.54, 1.807) is 18.7 Å². The highest BCUT2D eigenvalue weighted by Crippen LogP contribution is 2.09. The zero-order valence-corrected chi connectivity index (χ0v) is 11.6. The van der Waals surface area contributed by atoms with Crippen LogP contribution in [0.2, 0.25) is 0 Å². The lowest BCUT2D eigenvalue weighted by Crippen LogP contribution is -2.37. The van der Waals surface area contributed by atoms with Gasteiger partial charge in [0.1, 0.15) is 6.33 Å². The van der Waals surface area contributed by atoms with Crippen molar-refractivity contribution in [3.8, 4) is 0 Å². The number of pyridine rings is 1. The highest BCUT2D eigenvalue weighted by Gasteiger charge is 2.10. The molecule has 1 atom stereocenters. The Bertz CT molecular complexity index is 553. The van der Waals surface area contributed by atoms with E-state index in [0.717, 1.165) is 17.9 Å². The van der Waals surface area contributed by atoms with Crippen LogP contribution in [0.4, 0.5) is 4.79 Å². The third-order valence-electron chi connectivity index (χ3n) is 2.98. The van der Waals surface area contributed by atoms with Gasteiger partial charge in [-0.05, 0) is 25.5 Å². The third-order valence-corrected chi connectivity index (χ3v) is 2.98. The quantitative estimate of drug-likeness (QED) is 0.859. The van der Waals surface area contributed by atoms with Gasteiger partial charge in [-0.3, -0.25) is 4.98 Å². The molecule has 2 aromatic heterocycles. The van der Waals surface area contributed by atoms with E-state index in [1.807, 2.05) is 30.5 Å². The Labute approximate surface area is 117 Å². The summed E-state index contributed by atoms with van der Waals surface area (Å²) in [4.78, 5) is 15.9. The Balaban J connectivity index is 1.84. The lowest BCUT2D eigenvalue weighted by atomic mass is 10.1. The van der Waals surface area contributed by atoms with Crippen LogP contribution < -0.4 is 10.6 Å². The van der Waals surface area contributed by atoms with Gasteiger partial charge in [0.25, 0.3) is 0 Å². The fourth-order valence-electron chi connectivity index (χ4n) is 1.80. The van der Waals surface area contributed by atoms with E-state index < -0.39 is 0 Å². The predicted octanol–water partition coefficient (Wildman–Crippen LogP) is 1.25. The molecule has 2 heterocycles. The van der Waals surface area contributed by atoms with Crippen molar-refractivity contribution in [2.75, 3.05) is 0 Å².